The van der Waals surface area contributed by atoms with E-state index in [1.807, 2.05) is 25.1 Å². The summed E-state index contributed by atoms with van der Waals surface area (Å²) < 4.78 is 0. The first-order chi connectivity index (χ1) is 8.25. The molecule has 1 aromatic carbocycles. The number of phenolic OH excluding ortho intramolecular Hbond substituents is 1. The Kier molecular flexibility index (Phi) is 4.12. The van der Waals surface area contributed by atoms with Gasteiger partial charge < -0.3 is 10.4 Å². The number of aryl methyl sites for hydroxylation is 1. The van der Waals surface area contributed by atoms with Crippen molar-refractivity contribution in [3.8, 4) is 5.75 Å². The number of aromatic nitrogens is 1. The maximum Gasteiger partial charge on any atom is 0.120 e. The predicted molar refractivity (Wildman–Crippen MR) is 70.4 cm³/mol. The van der Waals surface area contributed by atoms with Crippen LogP contribution in [0.25, 0.3) is 0 Å². The maximum absolute atomic E-state index is 9.58. The van der Waals surface area contributed by atoms with Gasteiger partial charge in [0.15, 0.2) is 0 Å². The number of nitrogens with zero attached hydrogens (tertiary/aromatic N) is 1. The molecule has 0 atom stereocenters. The molecule has 2 rings (SSSR count). The van der Waals surface area contributed by atoms with Crippen molar-refractivity contribution in [2.24, 2.45) is 0 Å². The minimum Gasteiger partial charge on any atom is -0.508 e. The van der Waals surface area contributed by atoms with Crippen molar-refractivity contribution in [2.45, 2.75) is 19.9 Å². The molecule has 0 unspecified atom stereocenters. The second-order valence-electron chi connectivity index (χ2n) is 3.94. The summed E-state index contributed by atoms with van der Waals surface area (Å²) in [7, 11) is 0. The Morgan fingerprint density at radius 3 is 2.88 bits per heavy atom. The van der Waals surface area contributed by atoms with Crippen molar-refractivity contribution in [2.75, 3.05) is 6.54 Å². The summed E-state index contributed by atoms with van der Waals surface area (Å²) in [6.07, 6.45) is 0.937. The van der Waals surface area contributed by atoms with Crippen LogP contribution in [0, 0.1) is 6.92 Å². The normalized spacial score (nSPS) is 10.6. The van der Waals surface area contributed by atoms with E-state index in [0.29, 0.717) is 12.3 Å². The van der Waals surface area contributed by atoms with Gasteiger partial charge in [0.05, 0.1) is 5.01 Å². The molecule has 0 saturated heterocycles. The summed E-state index contributed by atoms with van der Waals surface area (Å²) in [5.74, 6) is 0.352. The van der Waals surface area contributed by atoms with Crippen LogP contribution in [0.1, 0.15) is 16.3 Å². The molecule has 0 radical (unpaired) electrons. The van der Waals surface area contributed by atoms with Gasteiger partial charge in [0.25, 0.3) is 0 Å². The van der Waals surface area contributed by atoms with Crippen LogP contribution in [-0.4, -0.2) is 16.6 Å². The lowest BCUT2D eigenvalue weighted by Gasteiger charge is -2.05. The highest BCUT2D eigenvalue weighted by molar-refractivity contribution is 7.09. The average molecular weight is 248 g/mol. The van der Waals surface area contributed by atoms with Crippen molar-refractivity contribution >= 4 is 11.3 Å². The monoisotopic (exact) mass is 248 g/mol. The Balaban J connectivity index is 1.75. The number of hydrogen-bond acceptors (Lipinski definition) is 4. The number of rotatable bonds is 5. The molecular weight excluding hydrogens is 232 g/mol. The zero-order chi connectivity index (χ0) is 12.1. The number of hydrogen-bond donors (Lipinski definition) is 2. The number of thiazole rings is 1. The van der Waals surface area contributed by atoms with Gasteiger partial charge in [-0.3, -0.25) is 0 Å². The lowest BCUT2D eigenvalue weighted by Crippen LogP contribution is -2.16. The third-order valence-electron chi connectivity index (χ3n) is 2.49. The molecule has 3 nitrogen and oxygen atoms in total. The van der Waals surface area contributed by atoms with Gasteiger partial charge in [-0.15, -0.1) is 11.3 Å². The molecule has 2 N–H and O–H groups in total. The molecule has 0 aliphatic rings. The molecule has 0 fully saturated rings. The van der Waals surface area contributed by atoms with Crippen LogP contribution in [0.4, 0.5) is 0 Å². The molecule has 0 saturated carbocycles. The number of aromatic hydroxyl groups is 1. The SMILES string of the molecule is Cc1csc(CCNCc2ccccc2O)n1. The van der Waals surface area contributed by atoms with Crippen molar-refractivity contribution < 1.29 is 5.11 Å². The lowest BCUT2D eigenvalue weighted by molar-refractivity contribution is 0.464. The molecule has 4 heteroatoms. The molecule has 0 bridgehead atoms. The van der Waals surface area contributed by atoms with E-state index >= 15 is 0 Å². The minimum atomic E-state index is 0.352. The number of para-hydroxylation sites is 1. The number of nitrogens with one attached hydrogen (secondary N) is 1. The summed E-state index contributed by atoms with van der Waals surface area (Å²) in [4.78, 5) is 4.40. The Morgan fingerprint density at radius 1 is 1.35 bits per heavy atom. The predicted octanol–water partition coefficient (Wildman–Crippen LogP) is 2.49. The van der Waals surface area contributed by atoms with E-state index in [-0.39, 0.29) is 0 Å². The van der Waals surface area contributed by atoms with E-state index in [4.69, 9.17) is 0 Å². The second kappa shape index (κ2) is 5.80. The first-order valence-electron chi connectivity index (χ1n) is 5.64. The molecule has 2 aromatic rings. The molecule has 0 aliphatic carbocycles. The molecule has 90 valence electrons. The van der Waals surface area contributed by atoms with Gasteiger partial charge in [-0.25, -0.2) is 4.98 Å². The summed E-state index contributed by atoms with van der Waals surface area (Å²) in [5.41, 5.74) is 2.02. The fraction of sp³-hybridized carbons (Fsp3) is 0.308. The molecule has 0 amide bonds. The van der Waals surface area contributed by atoms with Crippen LogP contribution < -0.4 is 5.32 Å². The highest BCUT2D eigenvalue weighted by atomic mass is 32.1. The van der Waals surface area contributed by atoms with E-state index in [1.54, 1.807) is 17.4 Å². The zero-order valence-corrected chi connectivity index (χ0v) is 10.6. The van der Waals surface area contributed by atoms with Crippen molar-refractivity contribution in [1.29, 1.82) is 0 Å². The summed E-state index contributed by atoms with van der Waals surface area (Å²) in [6.45, 7) is 3.58. The van der Waals surface area contributed by atoms with Crippen molar-refractivity contribution in [3.05, 3.63) is 45.9 Å². The first-order valence-corrected chi connectivity index (χ1v) is 6.52. The quantitative estimate of drug-likeness (QED) is 0.799. The maximum atomic E-state index is 9.58. The molecular formula is C13H16N2OS. The van der Waals surface area contributed by atoms with Gasteiger partial charge in [0.1, 0.15) is 5.75 Å². The van der Waals surface area contributed by atoms with E-state index in [1.165, 1.54) is 0 Å². The molecule has 1 heterocycles. The van der Waals surface area contributed by atoms with E-state index < -0.39 is 0 Å². The number of benzene rings is 1. The standard InChI is InChI=1S/C13H16N2OS/c1-10-9-17-13(15-10)6-7-14-8-11-4-2-3-5-12(11)16/h2-5,9,14,16H,6-8H2,1H3. The fourth-order valence-electron chi connectivity index (χ4n) is 1.60. The molecule has 0 aliphatic heterocycles. The highest BCUT2D eigenvalue weighted by Gasteiger charge is 2.00. The second-order valence-corrected chi connectivity index (χ2v) is 4.88. The summed E-state index contributed by atoms with van der Waals surface area (Å²) >= 11 is 1.70. The highest BCUT2D eigenvalue weighted by Crippen LogP contribution is 2.15. The smallest absolute Gasteiger partial charge is 0.120 e. The van der Waals surface area contributed by atoms with Gasteiger partial charge in [0.2, 0.25) is 0 Å². The van der Waals surface area contributed by atoms with Gasteiger partial charge in [-0.1, -0.05) is 18.2 Å². The third kappa shape index (κ3) is 3.54. The molecule has 1 aromatic heterocycles. The lowest BCUT2D eigenvalue weighted by atomic mass is 10.2. The summed E-state index contributed by atoms with van der Waals surface area (Å²) in [5, 5.41) is 16.1. The van der Waals surface area contributed by atoms with Crippen molar-refractivity contribution in [1.82, 2.24) is 10.3 Å². The minimum absolute atomic E-state index is 0.352. The average Bonchev–Trinajstić information content (AvgIpc) is 2.73. The largest absolute Gasteiger partial charge is 0.508 e. The van der Waals surface area contributed by atoms with Gasteiger partial charge in [0, 0.05) is 36.1 Å². The van der Waals surface area contributed by atoms with Crippen LogP contribution in [0.2, 0.25) is 0 Å². The molecule has 0 spiro atoms. The zero-order valence-electron chi connectivity index (χ0n) is 9.81. The van der Waals surface area contributed by atoms with Crippen LogP contribution in [-0.2, 0) is 13.0 Å². The fourth-order valence-corrected chi connectivity index (χ4v) is 2.37. The Morgan fingerprint density at radius 2 is 2.18 bits per heavy atom. The summed E-state index contributed by atoms with van der Waals surface area (Å²) in [6, 6.07) is 7.40. The van der Waals surface area contributed by atoms with Gasteiger partial charge in [-0.05, 0) is 13.0 Å². The van der Waals surface area contributed by atoms with Crippen LogP contribution >= 0.6 is 11.3 Å². The van der Waals surface area contributed by atoms with Gasteiger partial charge >= 0.3 is 0 Å². The topological polar surface area (TPSA) is 45.1 Å². The third-order valence-corrected chi connectivity index (χ3v) is 3.52. The van der Waals surface area contributed by atoms with E-state index in [0.717, 1.165) is 29.2 Å². The van der Waals surface area contributed by atoms with E-state index in [2.05, 4.69) is 15.7 Å². The molecule has 17 heavy (non-hydrogen) atoms. The Bertz CT molecular complexity index is 482. The van der Waals surface area contributed by atoms with Crippen molar-refractivity contribution in [3.63, 3.8) is 0 Å². The Hall–Kier alpha value is -1.39. The Labute approximate surface area is 105 Å². The first kappa shape index (κ1) is 12.1. The van der Waals surface area contributed by atoms with Gasteiger partial charge in [-0.2, -0.15) is 0 Å². The number of phenols is 1. The van der Waals surface area contributed by atoms with Crippen LogP contribution in [0.3, 0.4) is 0 Å². The van der Waals surface area contributed by atoms with Crippen LogP contribution in [0.5, 0.6) is 5.75 Å². The van der Waals surface area contributed by atoms with Crippen LogP contribution in [0.15, 0.2) is 29.6 Å². The van der Waals surface area contributed by atoms with E-state index in [9.17, 15) is 5.11 Å².